The normalized spacial score (nSPS) is 12.9. The number of methoxy groups -OCH3 is 3. The molecule has 1 amide bonds. The number of hydrogen-bond donors (Lipinski definition) is 1. The van der Waals surface area contributed by atoms with E-state index in [1.165, 1.54) is 27.5 Å². The number of nitrogens with zero attached hydrogens (tertiary/aromatic N) is 1. The number of rotatable bonds is 10. The van der Waals surface area contributed by atoms with Crippen molar-refractivity contribution < 1.29 is 19.0 Å². The fourth-order valence-electron chi connectivity index (χ4n) is 3.53. The van der Waals surface area contributed by atoms with E-state index in [4.69, 9.17) is 22.1 Å². The molecule has 2 atom stereocenters. The lowest BCUT2D eigenvalue weighted by molar-refractivity contribution is -0.129. The maximum absolute atomic E-state index is 12.8. The molecule has 0 aliphatic heterocycles. The lowest BCUT2D eigenvalue weighted by Crippen LogP contribution is -2.36. The first kappa shape index (κ1) is 24.2. The first-order valence-electron chi connectivity index (χ1n) is 9.99. The zero-order valence-electron chi connectivity index (χ0n) is 18.8. The second kappa shape index (κ2) is 11.4. The van der Waals surface area contributed by atoms with Gasteiger partial charge in [-0.2, -0.15) is 5.10 Å². The van der Waals surface area contributed by atoms with E-state index in [0.717, 1.165) is 17.5 Å². The smallest absolute Gasteiger partial charge is 0.273 e. The third kappa shape index (κ3) is 5.76. The standard InChI is InChI=1S/C24H29BN2O4/c1-7-18(19-11-9-8-10-15(19)2)16(3)23(31-6)24(28)27-26-14-17-12-20(29-4)22(25)21(13-17)30-5/h8-14,18,23H,3,7H2,1-2,4-6H3,(H,27,28)/b26-14+. The highest BCUT2D eigenvalue weighted by molar-refractivity contribution is 6.36. The minimum Gasteiger partial charge on any atom is -0.497 e. The number of aryl methyl sites for hydroxylation is 1. The molecule has 162 valence electrons. The molecule has 2 aromatic carbocycles. The fourth-order valence-corrected chi connectivity index (χ4v) is 3.53. The lowest BCUT2D eigenvalue weighted by atomic mass is 9.84. The molecule has 2 unspecified atom stereocenters. The van der Waals surface area contributed by atoms with Gasteiger partial charge in [0.1, 0.15) is 19.3 Å². The van der Waals surface area contributed by atoms with E-state index in [-0.39, 0.29) is 5.92 Å². The van der Waals surface area contributed by atoms with Crippen molar-refractivity contribution in [1.29, 1.82) is 0 Å². The molecule has 0 fully saturated rings. The molecule has 0 aliphatic rings. The number of hydrogen-bond acceptors (Lipinski definition) is 5. The SMILES string of the molecule is [B]c1c(OC)cc(/C=N/NC(=O)C(OC)C(=C)C(CC)c2ccccc2C)cc1OC. The van der Waals surface area contributed by atoms with E-state index < -0.39 is 12.0 Å². The quantitative estimate of drug-likeness (QED) is 0.278. The molecule has 0 aromatic heterocycles. The molecule has 0 saturated carbocycles. The van der Waals surface area contributed by atoms with Crippen LogP contribution in [0.1, 0.15) is 36.0 Å². The highest BCUT2D eigenvalue weighted by Gasteiger charge is 2.27. The van der Waals surface area contributed by atoms with Gasteiger partial charge in [0.25, 0.3) is 5.91 Å². The summed E-state index contributed by atoms with van der Waals surface area (Å²) in [6.07, 6.45) is 1.44. The van der Waals surface area contributed by atoms with Crippen LogP contribution in [0.3, 0.4) is 0 Å². The minimum atomic E-state index is -0.836. The van der Waals surface area contributed by atoms with Crippen LogP contribution in [0.15, 0.2) is 53.7 Å². The van der Waals surface area contributed by atoms with E-state index in [2.05, 4.69) is 30.1 Å². The molecule has 31 heavy (non-hydrogen) atoms. The second-order valence-electron chi connectivity index (χ2n) is 7.08. The number of benzene rings is 2. The van der Waals surface area contributed by atoms with Gasteiger partial charge < -0.3 is 14.2 Å². The van der Waals surface area contributed by atoms with Gasteiger partial charge in [-0.05, 0) is 47.6 Å². The summed E-state index contributed by atoms with van der Waals surface area (Å²) < 4.78 is 16.0. The Kier molecular flexibility index (Phi) is 8.88. The average Bonchev–Trinajstić information content (AvgIpc) is 2.77. The first-order chi connectivity index (χ1) is 14.9. The Labute approximate surface area is 185 Å². The number of amides is 1. The van der Waals surface area contributed by atoms with Crippen LogP contribution >= 0.6 is 0 Å². The van der Waals surface area contributed by atoms with Crippen molar-refractivity contribution in [2.24, 2.45) is 5.10 Å². The van der Waals surface area contributed by atoms with Crippen LogP contribution in [-0.4, -0.2) is 47.4 Å². The second-order valence-corrected chi connectivity index (χ2v) is 7.08. The van der Waals surface area contributed by atoms with Crippen LogP contribution in [0.4, 0.5) is 0 Å². The van der Waals surface area contributed by atoms with Crippen molar-refractivity contribution in [2.75, 3.05) is 21.3 Å². The fraction of sp³-hybridized carbons (Fsp3) is 0.333. The maximum Gasteiger partial charge on any atom is 0.273 e. The number of carbonyl (C=O) groups excluding carboxylic acids is 1. The third-order valence-corrected chi connectivity index (χ3v) is 5.18. The van der Waals surface area contributed by atoms with E-state index in [0.29, 0.717) is 28.1 Å². The zero-order chi connectivity index (χ0) is 23.0. The molecule has 0 saturated heterocycles. The van der Waals surface area contributed by atoms with Gasteiger partial charge in [0.05, 0.1) is 20.4 Å². The van der Waals surface area contributed by atoms with Crippen molar-refractivity contribution >= 4 is 25.4 Å². The van der Waals surface area contributed by atoms with Crippen molar-refractivity contribution in [3.05, 3.63) is 65.2 Å². The number of hydrazone groups is 1. The van der Waals surface area contributed by atoms with Gasteiger partial charge in [0.15, 0.2) is 6.10 Å². The molecule has 1 N–H and O–H groups in total. The number of carbonyl (C=O) groups is 1. The molecule has 2 radical (unpaired) electrons. The van der Waals surface area contributed by atoms with E-state index in [1.54, 1.807) is 12.1 Å². The zero-order valence-corrected chi connectivity index (χ0v) is 18.8. The Balaban J connectivity index is 2.16. The van der Waals surface area contributed by atoms with Crippen LogP contribution in [0.25, 0.3) is 0 Å². The van der Waals surface area contributed by atoms with Gasteiger partial charge in [-0.15, -0.1) is 0 Å². The molecule has 0 bridgehead atoms. The Bertz CT molecular complexity index is 933. The summed E-state index contributed by atoms with van der Waals surface area (Å²) in [6, 6.07) is 11.5. The van der Waals surface area contributed by atoms with Gasteiger partial charge in [0.2, 0.25) is 0 Å². The predicted octanol–water partition coefficient (Wildman–Crippen LogP) is 3.02. The minimum absolute atomic E-state index is 0.00787. The Morgan fingerprint density at radius 3 is 2.32 bits per heavy atom. The summed E-state index contributed by atoms with van der Waals surface area (Å²) >= 11 is 0. The highest BCUT2D eigenvalue weighted by atomic mass is 16.5. The molecule has 7 heteroatoms. The van der Waals surface area contributed by atoms with Gasteiger partial charge in [-0.3, -0.25) is 4.79 Å². The topological polar surface area (TPSA) is 69.2 Å². The van der Waals surface area contributed by atoms with Crippen molar-refractivity contribution in [2.45, 2.75) is 32.3 Å². The first-order valence-corrected chi connectivity index (χ1v) is 9.99. The van der Waals surface area contributed by atoms with Crippen LogP contribution < -0.4 is 20.4 Å². The van der Waals surface area contributed by atoms with Crippen LogP contribution in [0.2, 0.25) is 0 Å². The molecule has 0 heterocycles. The molecular weight excluding hydrogens is 391 g/mol. The summed E-state index contributed by atoms with van der Waals surface area (Å²) in [7, 11) is 10.5. The molecule has 2 aromatic rings. The summed E-state index contributed by atoms with van der Waals surface area (Å²) in [5.41, 5.74) is 6.54. The van der Waals surface area contributed by atoms with E-state index >= 15 is 0 Å². The number of ether oxygens (including phenoxy) is 3. The van der Waals surface area contributed by atoms with Gasteiger partial charge in [-0.1, -0.05) is 37.8 Å². The van der Waals surface area contributed by atoms with Crippen molar-refractivity contribution in [3.8, 4) is 11.5 Å². The van der Waals surface area contributed by atoms with Crippen molar-refractivity contribution in [3.63, 3.8) is 0 Å². The van der Waals surface area contributed by atoms with Gasteiger partial charge in [0, 0.05) is 18.6 Å². The molecule has 2 rings (SSSR count). The molecular formula is C24H29BN2O4. The van der Waals surface area contributed by atoms with Crippen LogP contribution in [-0.2, 0) is 9.53 Å². The predicted molar refractivity (Wildman–Crippen MR) is 125 cm³/mol. The summed E-state index contributed by atoms with van der Waals surface area (Å²) in [4.78, 5) is 12.8. The van der Waals surface area contributed by atoms with Gasteiger partial charge in [-0.25, -0.2) is 5.43 Å². The summed E-state index contributed by atoms with van der Waals surface area (Å²) in [5.74, 6) is 0.509. The average molecular weight is 420 g/mol. The van der Waals surface area contributed by atoms with E-state index in [9.17, 15) is 4.79 Å². The molecule has 6 nitrogen and oxygen atoms in total. The monoisotopic (exact) mass is 420 g/mol. The summed E-state index contributed by atoms with van der Waals surface area (Å²) in [6.45, 7) is 8.28. The van der Waals surface area contributed by atoms with Crippen LogP contribution in [0, 0.1) is 6.92 Å². The maximum atomic E-state index is 12.8. The molecule has 0 spiro atoms. The number of nitrogens with one attached hydrogen (secondary N) is 1. The van der Waals surface area contributed by atoms with E-state index in [1.807, 2.05) is 25.1 Å². The Hall–Kier alpha value is -3.06. The third-order valence-electron chi connectivity index (χ3n) is 5.18. The molecule has 0 aliphatic carbocycles. The Morgan fingerprint density at radius 1 is 1.19 bits per heavy atom. The lowest BCUT2D eigenvalue weighted by Gasteiger charge is -2.25. The Morgan fingerprint density at radius 2 is 1.81 bits per heavy atom. The van der Waals surface area contributed by atoms with Gasteiger partial charge >= 0.3 is 0 Å². The summed E-state index contributed by atoms with van der Waals surface area (Å²) in [5, 5.41) is 4.05. The van der Waals surface area contributed by atoms with Crippen LogP contribution in [0.5, 0.6) is 11.5 Å². The largest absolute Gasteiger partial charge is 0.497 e. The highest BCUT2D eigenvalue weighted by Crippen LogP contribution is 2.31. The van der Waals surface area contributed by atoms with Crippen molar-refractivity contribution in [1.82, 2.24) is 5.43 Å².